The monoisotopic (exact) mass is 267 g/mol. The quantitative estimate of drug-likeness (QED) is 0.738. The van der Waals surface area contributed by atoms with Crippen LogP contribution in [0.1, 0.15) is 12.5 Å². The molecule has 0 saturated heterocycles. The van der Waals surface area contributed by atoms with Gasteiger partial charge in [-0.2, -0.15) is 0 Å². The minimum atomic E-state index is -1.10. The number of hydrogen-bond acceptors (Lipinski definition) is 1. The highest BCUT2D eigenvalue weighted by Crippen LogP contribution is 2.21. The predicted octanol–water partition coefficient (Wildman–Crippen LogP) is 3.93. The standard InChI is InChI=1S/C15H26FNSi/c1-5-17-11-13(12-18(2,3)4)10-14-8-6-7-9-15(14)16/h6-9,13,17H,5,10-12H2,1-4H3. The first-order valence-corrected chi connectivity index (χ1v) is 10.6. The van der Waals surface area contributed by atoms with Crippen molar-refractivity contribution in [2.75, 3.05) is 13.1 Å². The van der Waals surface area contributed by atoms with E-state index in [1.54, 1.807) is 12.1 Å². The van der Waals surface area contributed by atoms with E-state index in [0.29, 0.717) is 5.92 Å². The van der Waals surface area contributed by atoms with E-state index in [9.17, 15) is 4.39 Å². The molecule has 1 N–H and O–H groups in total. The molecule has 0 amide bonds. The Labute approximate surface area is 112 Å². The smallest absolute Gasteiger partial charge is 0.126 e. The molecule has 1 atom stereocenters. The van der Waals surface area contributed by atoms with Gasteiger partial charge in [-0.3, -0.25) is 0 Å². The topological polar surface area (TPSA) is 12.0 Å². The molecule has 3 heteroatoms. The van der Waals surface area contributed by atoms with Crippen molar-refractivity contribution in [3.8, 4) is 0 Å². The van der Waals surface area contributed by atoms with Gasteiger partial charge in [-0.1, -0.05) is 50.8 Å². The van der Waals surface area contributed by atoms with Gasteiger partial charge < -0.3 is 5.32 Å². The lowest BCUT2D eigenvalue weighted by Gasteiger charge is -2.25. The Balaban J connectivity index is 2.69. The van der Waals surface area contributed by atoms with Crippen molar-refractivity contribution in [3.63, 3.8) is 0 Å². The summed E-state index contributed by atoms with van der Waals surface area (Å²) in [6, 6.07) is 8.41. The molecular weight excluding hydrogens is 241 g/mol. The second-order valence-electron chi connectivity index (χ2n) is 6.23. The molecule has 0 heterocycles. The van der Waals surface area contributed by atoms with Crippen LogP contribution in [0.15, 0.2) is 24.3 Å². The van der Waals surface area contributed by atoms with E-state index in [-0.39, 0.29) is 5.82 Å². The molecule has 0 radical (unpaired) electrons. The van der Waals surface area contributed by atoms with E-state index in [4.69, 9.17) is 0 Å². The van der Waals surface area contributed by atoms with Gasteiger partial charge in [0, 0.05) is 8.07 Å². The van der Waals surface area contributed by atoms with Crippen LogP contribution in [0.4, 0.5) is 4.39 Å². The molecule has 0 saturated carbocycles. The van der Waals surface area contributed by atoms with Crippen molar-refractivity contribution in [1.82, 2.24) is 5.32 Å². The van der Waals surface area contributed by atoms with Crippen LogP contribution in [0.2, 0.25) is 25.7 Å². The van der Waals surface area contributed by atoms with Gasteiger partial charge in [-0.05, 0) is 37.1 Å². The van der Waals surface area contributed by atoms with Crippen LogP contribution in [0.5, 0.6) is 0 Å². The van der Waals surface area contributed by atoms with Crippen LogP contribution in [0, 0.1) is 11.7 Å². The van der Waals surface area contributed by atoms with E-state index in [1.165, 1.54) is 6.04 Å². The third kappa shape index (κ3) is 5.78. The van der Waals surface area contributed by atoms with Crippen molar-refractivity contribution >= 4 is 8.07 Å². The van der Waals surface area contributed by atoms with Gasteiger partial charge in [0.15, 0.2) is 0 Å². The number of benzene rings is 1. The zero-order valence-corrected chi connectivity index (χ0v) is 13.1. The van der Waals surface area contributed by atoms with Crippen LogP contribution < -0.4 is 5.32 Å². The van der Waals surface area contributed by atoms with Gasteiger partial charge in [0.1, 0.15) is 5.82 Å². The molecule has 0 aromatic heterocycles. The maximum Gasteiger partial charge on any atom is 0.126 e. The van der Waals surface area contributed by atoms with Crippen molar-refractivity contribution in [1.29, 1.82) is 0 Å². The van der Waals surface area contributed by atoms with Crippen LogP contribution in [0.3, 0.4) is 0 Å². The van der Waals surface area contributed by atoms with Crippen LogP contribution in [-0.4, -0.2) is 21.2 Å². The largest absolute Gasteiger partial charge is 0.317 e. The summed E-state index contributed by atoms with van der Waals surface area (Å²) in [6.45, 7) is 11.2. The molecule has 0 aliphatic heterocycles. The number of hydrogen-bond donors (Lipinski definition) is 1. The van der Waals surface area contributed by atoms with Crippen LogP contribution >= 0.6 is 0 Å². The average molecular weight is 267 g/mol. The molecule has 1 unspecified atom stereocenters. The molecule has 102 valence electrons. The lowest BCUT2D eigenvalue weighted by molar-refractivity contribution is 0.500. The second kappa shape index (κ2) is 7.05. The highest BCUT2D eigenvalue weighted by molar-refractivity contribution is 6.76. The van der Waals surface area contributed by atoms with E-state index < -0.39 is 8.07 Å². The summed E-state index contributed by atoms with van der Waals surface area (Å²) in [6.07, 6.45) is 0.851. The maximum atomic E-state index is 13.7. The average Bonchev–Trinajstić information content (AvgIpc) is 2.27. The zero-order valence-electron chi connectivity index (χ0n) is 12.1. The third-order valence-electron chi connectivity index (χ3n) is 3.05. The van der Waals surface area contributed by atoms with Gasteiger partial charge in [0.2, 0.25) is 0 Å². The Bertz CT molecular complexity index is 360. The third-order valence-corrected chi connectivity index (χ3v) is 4.85. The first kappa shape index (κ1) is 15.4. The summed E-state index contributed by atoms with van der Waals surface area (Å²) in [5.41, 5.74) is 0.860. The SMILES string of the molecule is CCNCC(Cc1ccccc1F)C[Si](C)(C)C. The van der Waals surface area contributed by atoms with Gasteiger partial charge in [0.05, 0.1) is 0 Å². The van der Waals surface area contributed by atoms with Crippen LogP contribution in [0.25, 0.3) is 0 Å². The highest BCUT2D eigenvalue weighted by atomic mass is 28.3. The minimum absolute atomic E-state index is 0.0606. The van der Waals surface area contributed by atoms with Crippen molar-refractivity contribution in [2.45, 2.75) is 39.0 Å². The Morgan fingerprint density at radius 2 is 1.89 bits per heavy atom. The van der Waals surface area contributed by atoms with Gasteiger partial charge in [-0.25, -0.2) is 4.39 Å². The first-order valence-electron chi connectivity index (χ1n) is 6.86. The Hall–Kier alpha value is -0.673. The Kier molecular flexibility index (Phi) is 6.02. The molecule has 0 bridgehead atoms. The predicted molar refractivity (Wildman–Crippen MR) is 80.3 cm³/mol. The molecule has 0 aliphatic rings. The Morgan fingerprint density at radius 3 is 2.44 bits per heavy atom. The number of nitrogens with one attached hydrogen (secondary N) is 1. The molecule has 1 aromatic carbocycles. The van der Waals surface area contributed by atoms with Crippen molar-refractivity contribution < 1.29 is 4.39 Å². The lowest BCUT2D eigenvalue weighted by atomic mass is 10.0. The molecule has 0 fully saturated rings. The van der Waals surface area contributed by atoms with Gasteiger partial charge in [0.25, 0.3) is 0 Å². The minimum Gasteiger partial charge on any atom is -0.317 e. The number of rotatable bonds is 7. The summed E-state index contributed by atoms with van der Waals surface area (Å²) in [7, 11) is -1.10. The molecule has 1 nitrogen and oxygen atoms in total. The normalized spacial score (nSPS) is 13.6. The highest BCUT2D eigenvalue weighted by Gasteiger charge is 2.21. The molecule has 0 aliphatic carbocycles. The molecule has 1 rings (SSSR count). The molecule has 18 heavy (non-hydrogen) atoms. The summed E-state index contributed by atoms with van der Waals surface area (Å²) >= 11 is 0. The van der Waals surface area contributed by atoms with E-state index in [0.717, 1.165) is 25.1 Å². The van der Waals surface area contributed by atoms with Gasteiger partial charge >= 0.3 is 0 Å². The summed E-state index contributed by atoms with van der Waals surface area (Å²) in [5, 5.41) is 3.41. The number of halogens is 1. The second-order valence-corrected chi connectivity index (χ2v) is 11.8. The first-order chi connectivity index (χ1) is 8.42. The van der Waals surface area contributed by atoms with E-state index in [2.05, 4.69) is 31.9 Å². The summed E-state index contributed by atoms with van der Waals surface area (Å²) in [4.78, 5) is 0. The summed E-state index contributed by atoms with van der Waals surface area (Å²) in [5.74, 6) is 0.489. The lowest BCUT2D eigenvalue weighted by Crippen LogP contribution is -2.31. The molecule has 1 aromatic rings. The maximum absolute atomic E-state index is 13.7. The molecule has 0 spiro atoms. The van der Waals surface area contributed by atoms with E-state index >= 15 is 0 Å². The van der Waals surface area contributed by atoms with Crippen LogP contribution in [-0.2, 0) is 6.42 Å². The van der Waals surface area contributed by atoms with Gasteiger partial charge in [-0.15, -0.1) is 0 Å². The fraction of sp³-hybridized carbons (Fsp3) is 0.600. The van der Waals surface area contributed by atoms with Crippen molar-refractivity contribution in [2.24, 2.45) is 5.92 Å². The fourth-order valence-electron chi connectivity index (χ4n) is 2.41. The van der Waals surface area contributed by atoms with Crippen molar-refractivity contribution in [3.05, 3.63) is 35.6 Å². The summed E-state index contributed by atoms with van der Waals surface area (Å²) < 4.78 is 13.7. The fourth-order valence-corrected chi connectivity index (χ4v) is 4.43. The zero-order chi connectivity index (χ0) is 13.6. The van der Waals surface area contributed by atoms with E-state index in [1.807, 2.05) is 12.1 Å². The molecular formula is C15H26FNSi. The Morgan fingerprint density at radius 1 is 1.22 bits per heavy atom.